The van der Waals surface area contributed by atoms with E-state index in [4.69, 9.17) is 0 Å². The van der Waals surface area contributed by atoms with Gasteiger partial charge in [0.2, 0.25) is 5.78 Å². The molecule has 0 amide bonds. The third-order valence-corrected chi connectivity index (χ3v) is 5.88. The Kier molecular flexibility index (Phi) is 3.66. The van der Waals surface area contributed by atoms with E-state index < -0.39 is 10.0 Å². The van der Waals surface area contributed by atoms with Gasteiger partial charge < -0.3 is 0 Å². The summed E-state index contributed by atoms with van der Waals surface area (Å²) in [6.07, 6.45) is 0. The van der Waals surface area contributed by atoms with Crippen molar-refractivity contribution in [3.8, 4) is 0 Å². The molecule has 0 aromatic heterocycles. The molecule has 26 heavy (non-hydrogen) atoms. The van der Waals surface area contributed by atoms with Crippen LogP contribution in [0.5, 0.6) is 0 Å². The van der Waals surface area contributed by atoms with Crippen molar-refractivity contribution in [2.24, 2.45) is 5.10 Å². The third-order valence-electron chi connectivity index (χ3n) is 4.53. The first kappa shape index (κ1) is 16.5. The average Bonchev–Trinajstić information content (AvgIpc) is 2.89. The topological polar surface area (TPSA) is 75.6 Å². The van der Waals surface area contributed by atoms with E-state index in [1.165, 1.54) is 0 Å². The molecule has 0 aliphatic heterocycles. The van der Waals surface area contributed by atoms with Crippen molar-refractivity contribution >= 4 is 32.3 Å². The van der Waals surface area contributed by atoms with Gasteiger partial charge in [0.05, 0.1) is 4.90 Å². The minimum atomic E-state index is -3.87. The molecular weight excluding hydrogens is 348 g/mol. The molecule has 0 heterocycles. The average molecular weight is 364 g/mol. The zero-order valence-electron chi connectivity index (χ0n) is 14.3. The first-order valence-electron chi connectivity index (χ1n) is 8.12. The van der Waals surface area contributed by atoms with Gasteiger partial charge in [0.25, 0.3) is 10.0 Å². The summed E-state index contributed by atoms with van der Waals surface area (Å²) >= 11 is 0. The van der Waals surface area contributed by atoms with Gasteiger partial charge in [-0.25, -0.2) is 0 Å². The number of nitrogens with one attached hydrogen (secondary N) is 1. The number of hydrazone groups is 1. The van der Waals surface area contributed by atoms with Crippen LogP contribution in [0.1, 0.15) is 27.0 Å². The third kappa shape index (κ3) is 2.50. The van der Waals surface area contributed by atoms with E-state index in [1.54, 1.807) is 31.2 Å². The fraction of sp³-hybridized carbons (Fsp3) is 0.100. The quantitative estimate of drug-likeness (QED) is 0.724. The summed E-state index contributed by atoms with van der Waals surface area (Å²) in [6.45, 7) is 3.54. The smallest absolute Gasteiger partial charge is 0.276 e. The normalized spacial score (nSPS) is 15.0. The van der Waals surface area contributed by atoms with Gasteiger partial charge in [0.15, 0.2) is 0 Å². The second-order valence-electron chi connectivity index (χ2n) is 6.36. The predicted molar refractivity (Wildman–Crippen MR) is 101 cm³/mol. The van der Waals surface area contributed by atoms with Gasteiger partial charge in [-0.1, -0.05) is 48.5 Å². The molecule has 4 rings (SSSR count). The second-order valence-corrected chi connectivity index (χ2v) is 7.99. The molecule has 3 aromatic rings. The zero-order valence-corrected chi connectivity index (χ0v) is 15.1. The van der Waals surface area contributed by atoms with E-state index in [9.17, 15) is 13.2 Å². The largest absolute Gasteiger partial charge is 0.287 e. The van der Waals surface area contributed by atoms with Crippen molar-refractivity contribution in [1.29, 1.82) is 0 Å². The summed E-state index contributed by atoms with van der Waals surface area (Å²) in [7, 11) is -3.87. The lowest BCUT2D eigenvalue weighted by molar-refractivity contribution is 0.107. The lowest BCUT2D eigenvalue weighted by atomic mass is 10.1. The van der Waals surface area contributed by atoms with Crippen LogP contribution in [-0.4, -0.2) is 19.9 Å². The Morgan fingerprint density at radius 1 is 0.923 bits per heavy atom. The molecule has 6 heteroatoms. The molecular formula is C20H16N2O3S. The highest BCUT2D eigenvalue weighted by molar-refractivity contribution is 7.89. The lowest BCUT2D eigenvalue weighted by Crippen LogP contribution is -2.23. The minimum Gasteiger partial charge on any atom is -0.287 e. The maximum absolute atomic E-state index is 12.7. The molecule has 0 unspecified atom stereocenters. The first-order chi connectivity index (χ1) is 12.4. The van der Waals surface area contributed by atoms with Crippen LogP contribution in [0, 0.1) is 13.8 Å². The molecule has 1 aliphatic carbocycles. The van der Waals surface area contributed by atoms with Crippen LogP contribution < -0.4 is 4.83 Å². The highest BCUT2D eigenvalue weighted by atomic mass is 32.2. The number of nitrogens with zero attached hydrogens (tertiary/aromatic N) is 1. The molecule has 0 radical (unpaired) electrons. The maximum Gasteiger partial charge on any atom is 0.276 e. The zero-order chi connectivity index (χ0) is 18.5. The van der Waals surface area contributed by atoms with E-state index in [2.05, 4.69) is 9.93 Å². The van der Waals surface area contributed by atoms with Gasteiger partial charge in [-0.3, -0.25) is 4.79 Å². The van der Waals surface area contributed by atoms with Crippen LogP contribution in [0.15, 0.2) is 64.6 Å². The van der Waals surface area contributed by atoms with E-state index in [1.807, 2.05) is 37.3 Å². The van der Waals surface area contributed by atoms with Gasteiger partial charge in [-0.05, 0) is 36.4 Å². The molecule has 1 aliphatic rings. The lowest BCUT2D eigenvalue weighted by Gasteiger charge is -2.08. The summed E-state index contributed by atoms with van der Waals surface area (Å²) in [5.74, 6) is -0.277. The number of carbonyl (C=O) groups is 1. The molecule has 1 N–H and O–H groups in total. The Bertz CT molecular complexity index is 1210. The Labute approximate surface area is 151 Å². The number of carbonyl (C=O) groups excluding carboxylic acids is 1. The SMILES string of the molecule is Cc1ccc(C)c(S(=O)(=O)NN=C2C(=O)c3cccc4cccc2c34)c1. The Balaban J connectivity index is 1.78. The van der Waals surface area contributed by atoms with Crippen molar-refractivity contribution in [2.45, 2.75) is 18.7 Å². The number of hydrogen-bond donors (Lipinski definition) is 1. The second kappa shape index (κ2) is 5.78. The first-order valence-corrected chi connectivity index (χ1v) is 9.60. The monoisotopic (exact) mass is 364 g/mol. The van der Waals surface area contributed by atoms with Gasteiger partial charge in [-0.2, -0.15) is 18.4 Å². The number of Topliss-reactive ketones (excluding diaryl/α,β-unsaturated/α-hetero) is 1. The molecule has 5 nitrogen and oxygen atoms in total. The maximum atomic E-state index is 12.7. The molecule has 0 saturated carbocycles. The summed E-state index contributed by atoms with van der Waals surface area (Å²) < 4.78 is 25.3. The molecule has 0 saturated heterocycles. The summed E-state index contributed by atoms with van der Waals surface area (Å²) in [5, 5.41) is 5.73. The van der Waals surface area contributed by atoms with Crippen LogP contribution in [0.4, 0.5) is 0 Å². The number of sulfonamides is 1. The van der Waals surface area contributed by atoms with Crippen molar-refractivity contribution in [1.82, 2.24) is 4.83 Å². The molecule has 3 aromatic carbocycles. The van der Waals surface area contributed by atoms with Gasteiger partial charge in [0.1, 0.15) is 5.71 Å². The molecule has 0 atom stereocenters. The summed E-state index contributed by atoms with van der Waals surface area (Å²) in [5.41, 5.74) is 2.75. The van der Waals surface area contributed by atoms with E-state index in [0.717, 1.165) is 16.3 Å². The standard InChI is InChI=1S/C20H16N2O3S/c1-12-9-10-13(2)17(11-12)26(24,25)22-21-19-15-7-3-5-14-6-4-8-16(18(14)15)20(19)23/h3-11,22H,1-2H3. The fourth-order valence-electron chi connectivity index (χ4n) is 3.24. The number of benzene rings is 3. The van der Waals surface area contributed by atoms with Crippen LogP contribution in [0.3, 0.4) is 0 Å². The van der Waals surface area contributed by atoms with Crippen LogP contribution >= 0.6 is 0 Å². The van der Waals surface area contributed by atoms with Crippen molar-refractivity contribution in [3.05, 3.63) is 76.9 Å². The van der Waals surface area contributed by atoms with Crippen LogP contribution in [-0.2, 0) is 10.0 Å². The fourth-order valence-corrected chi connectivity index (χ4v) is 4.38. The van der Waals surface area contributed by atoms with Gasteiger partial charge >= 0.3 is 0 Å². The number of aryl methyl sites for hydroxylation is 2. The van der Waals surface area contributed by atoms with E-state index >= 15 is 0 Å². The Morgan fingerprint density at radius 3 is 2.35 bits per heavy atom. The Hall–Kier alpha value is -2.99. The van der Waals surface area contributed by atoms with E-state index in [-0.39, 0.29) is 16.4 Å². The molecule has 0 spiro atoms. The summed E-state index contributed by atoms with van der Waals surface area (Å²) in [6, 6.07) is 16.2. The van der Waals surface area contributed by atoms with Crippen molar-refractivity contribution in [3.63, 3.8) is 0 Å². The van der Waals surface area contributed by atoms with Crippen molar-refractivity contribution in [2.75, 3.05) is 0 Å². The molecule has 130 valence electrons. The number of hydrogen-bond acceptors (Lipinski definition) is 4. The highest BCUT2D eigenvalue weighted by Crippen LogP contribution is 2.31. The van der Waals surface area contributed by atoms with E-state index in [0.29, 0.717) is 16.7 Å². The van der Waals surface area contributed by atoms with Crippen LogP contribution in [0.2, 0.25) is 0 Å². The molecule has 0 bridgehead atoms. The number of rotatable bonds is 3. The summed E-state index contributed by atoms with van der Waals surface area (Å²) in [4.78, 5) is 15.1. The van der Waals surface area contributed by atoms with Gasteiger partial charge in [-0.15, -0.1) is 0 Å². The molecule has 0 fully saturated rings. The number of ketones is 1. The van der Waals surface area contributed by atoms with Crippen LogP contribution in [0.25, 0.3) is 10.8 Å². The highest BCUT2D eigenvalue weighted by Gasteiger charge is 2.29. The Morgan fingerprint density at radius 2 is 1.62 bits per heavy atom. The van der Waals surface area contributed by atoms with Gasteiger partial charge in [0, 0.05) is 16.5 Å². The predicted octanol–water partition coefficient (Wildman–Crippen LogP) is 3.34. The minimum absolute atomic E-state index is 0.116. The van der Waals surface area contributed by atoms with Crippen molar-refractivity contribution < 1.29 is 13.2 Å².